The molecule has 2 nitrogen and oxygen atoms in total. The van der Waals surface area contributed by atoms with Gasteiger partial charge in [0, 0.05) is 22.1 Å². The summed E-state index contributed by atoms with van der Waals surface area (Å²) in [5.74, 6) is 0.524. The summed E-state index contributed by atoms with van der Waals surface area (Å²) in [5.41, 5.74) is 2.91. The molecule has 5 heteroatoms. The Morgan fingerprint density at radius 2 is 1.63 bits per heavy atom. The molecule has 3 aromatic rings. The summed E-state index contributed by atoms with van der Waals surface area (Å²) in [7, 11) is 0. The van der Waals surface area contributed by atoms with Crippen LogP contribution in [0.5, 0.6) is 5.75 Å². The minimum atomic E-state index is -0.243. The lowest BCUT2D eigenvalue weighted by Gasteiger charge is -2.13. The van der Waals surface area contributed by atoms with Gasteiger partial charge in [-0.3, -0.25) is 0 Å². The van der Waals surface area contributed by atoms with Crippen LogP contribution < -0.4 is 10.1 Å². The fourth-order valence-electron chi connectivity index (χ4n) is 2.70. The van der Waals surface area contributed by atoms with E-state index in [4.69, 9.17) is 4.74 Å². The van der Waals surface area contributed by atoms with Crippen LogP contribution in [0.25, 0.3) is 0 Å². The second-order valence-corrected chi connectivity index (χ2v) is 6.96. The summed E-state index contributed by atoms with van der Waals surface area (Å²) in [4.78, 5) is 0. The van der Waals surface area contributed by atoms with Gasteiger partial charge in [-0.15, -0.1) is 12.4 Å². The summed E-state index contributed by atoms with van der Waals surface area (Å²) in [6.45, 7) is 1.79. The van der Waals surface area contributed by atoms with Crippen molar-refractivity contribution in [3.05, 3.63) is 99.8 Å². The largest absolute Gasteiger partial charge is 0.488 e. The molecule has 0 saturated carbocycles. The zero-order valence-corrected chi connectivity index (χ0v) is 17.2. The molecule has 0 spiro atoms. The second-order valence-electron chi connectivity index (χ2n) is 6.04. The van der Waals surface area contributed by atoms with Gasteiger partial charge in [-0.1, -0.05) is 64.5 Å². The molecule has 3 rings (SSSR count). The van der Waals surface area contributed by atoms with Crippen molar-refractivity contribution in [2.75, 3.05) is 6.54 Å². The van der Waals surface area contributed by atoms with E-state index < -0.39 is 0 Å². The van der Waals surface area contributed by atoms with Gasteiger partial charge in [-0.05, 0) is 42.8 Å². The molecule has 0 unspecified atom stereocenters. The minimum Gasteiger partial charge on any atom is -0.488 e. The van der Waals surface area contributed by atoms with Gasteiger partial charge in [-0.25, -0.2) is 4.39 Å². The highest BCUT2D eigenvalue weighted by molar-refractivity contribution is 9.10. The third-order valence-corrected chi connectivity index (χ3v) is 4.61. The van der Waals surface area contributed by atoms with Crippen LogP contribution in [0.2, 0.25) is 0 Å². The average molecular weight is 451 g/mol. The van der Waals surface area contributed by atoms with E-state index in [1.54, 1.807) is 12.1 Å². The first kappa shape index (κ1) is 21.4. The Kier molecular flexibility index (Phi) is 8.79. The second kappa shape index (κ2) is 11.1. The minimum absolute atomic E-state index is 0. The molecule has 1 N–H and O–H groups in total. The zero-order chi connectivity index (χ0) is 18.2. The SMILES string of the molecule is Cl.Fc1ccccc1COc1ccc(Br)cc1CNCCc1ccccc1. The van der Waals surface area contributed by atoms with Gasteiger partial charge in [0.15, 0.2) is 0 Å². The van der Waals surface area contributed by atoms with Crippen LogP contribution in [-0.2, 0) is 19.6 Å². The third kappa shape index (κ3) is 6.65. The van der Waals surface area contributed by atoms with E-state index in [9.17, 15) is 4.39 Å². The van der Waals surface area contributed by atoms with Crippen LogP contribution in [0.4, 0.5) is 4.39 Å². The molecule has 0 aromatic heterocycles. The van der Waals surface area contributed by atoms with E-state index in [2.05, 4.69) is 45.5 Å². The van der Waals surface area contributed by atoms with Crippen molar-refractivity contribution in [2.45, 2.75) is 19.6 Å². The Morgan fingerprint density at radius 3 is 2.41 bits per heavy atom. The summed E-state index contributed by atoms with van der Waals surface area (Å²) in [6, 6.07) is 23.0. The number of halogens is 3. The molecule has 0 aliphatic carbocycles. The van der Waals surface area contributed by atoms with Gasteiger partial charge >= 0.3 is 0 Å². The monoisotopic (exact) mass is 449 g/mol. The fraction of sp³-hybridized carbons (Fsp3) is 0.182. The summed E-state index contributed by atoms with van der Waals surface area (Å²) >= 11 is 3.51. The maximum Gasteiger partial charge on any atom is 0.129 e. The first-order valence-electron chi connectivity index (χ1n) is 8.61. The summed E-state index contributed by atoms with van der Waals surface area (Å²) in [6.07, 6.45) is 0.972. The van der Waals surface area contributed by atoms with Crippen molar-refractivity contribution in [1.82, 2.24) is 5.32 Å². The van der Waals surface area contributed by atoms with Crippen molar-refractivity contribution in [3.63, 3.8) is 0 Å². The topological polar surface area (TPSA) is 21.3 Å². The van der Waals surface area contributed by atoms with Crippen molar-refractivity contribution in [1.29, 1.82) is 0 Å². The highest BCUT2D eigenvalue weighted by Crippen LogP contribution is 2.24. The Hall–Kier alpha value is -1.88. The molecule has 0 fully saturated rings. The van der Waals surface area contributed by atoms with Crippen LogP contribution in [-0.4, -0.2) is 6.54 Å². The summed E-state index contributed by atoms with van der Waals surface area (Å²) < 4.78 is 20.6. The number of nitrogens with one attached hydrogen (secondary N) is 1. The molecule has 0 radical (unpaired) electrons. The molecule has 142 valence electrons. The van der Waals surface area contributed by atoms with Gasteiger partial charge in [0.1, 0.15) is 18.2 Å². The van der Waals surface area contributed by atoms with Gasteiger partial charge < -0.3 is 10.1 Å². The Morgan fingerprint density at radius 1 is 0.889 bits per heavy atom. The predicted molar refractivity (Wildman–Crippen MR) is 114 cm³/mol. The fourth-order valence-corrected chi connectivity index (χ4v) is 3.11. The molecule has 0 bridgehead atoms. The molecule has 0 amide bonds. The Balaban J connectivity index is 0.00000261. The Labute approximate surface area is 174 Å². The third-order valence-electron chi connectivity index (χ3n) is 4.11. The maximum absolute atomic E-state index is 13.8. The van der Waals surface area contributed by atoms with Crippen LogP contribution in [0.15, 0.2) is 77.3 Å². The lowest BCUT2D eigenvalue weighted by Crippen LogP contribution is -2.17. The van der Waals surface area contributed by atoms with Gasteiger partial charge in [-0.2, -0.15) is 0 Å². The normalized spacial score (nSPS) is 10.3. The maximum atomic E-state index is 13.8. The quantitative estimate of drug-likeness (QED) is 0.430. The first-order valence-corrected chi connectivity index (χ1v) is 9.41. The number of hydrogen-bond donors (Lipinski definition) is 1. The van der Waals surface area contributed by atoms with Crippen molar-refractivity contribution in [2.24, 2.45) is 0 Å². The van der Waals surface area contributed by atoms with Crippen LogP contribution >= 0.6 is 28.3 Å². The molecule has 0 aliphatic heterocycles. The lowest BCUT2D eigenvalue weighted by atomic mass is 10.1. The summed E-state index contributed by atoms with van der Waals surface area (Å²) in [5, 5.41) is 3.45. The van der Waals surface area contributed by atoms with E-state index in [1.165, 1.54) is 11.6 Å². The highest BCUT2D eigenvalue weighted by atomic mass is 79.9. The van der Waals surface area contributed by atoms with Gasteiger partial charge in [0.2, 0.25) is 0 Å². The molecule has 0 atom stereocenters. The lowest BCUT2D eigenvalue weighted by molar-refractivity contribution is 0.296. The van der Waals surface area contributed by atoms with Crippen LogP contribution in [0, 0.1) is 5.82 Å². The van der Waals surface area contributed by atoms with E-state index >= 15 is 0 Å². The van der Waals surface area contributed by atoms with Crippen molar-refractivity contribution >= 4 is 28.3 Å². The number of hydrogen-bond acceptors (Lipinski definition) is 2. The standard InChI is InChI=1S/C22H21BrFNO.ClH/c23-20-10-11-22(26-16-18-8-4-5-9-21(18)24)19(14-20)15-25-13-12-17-6-2-1-3-7-17;/h1-11,14,25H,12-13,15-16H2;1H. The van der Waals surface area contributed by atoms with Gasteiger partial charge in [0.25, 0.3) is 0 Å². The van der Waals surface area contributed by atoms with Crippen LogP contribution in [0.3, 0.4) is 0 Å². The van der Waals surface area contributed by atoms with E-state index in [0.29, 0.717) is 12.1 Å². The molecule has 0 heterocycles. The van der Waals surface area contributed by atoms with Gasteiger partial charge in [0.05, 0.1) is 0 Å². The average Bonchev–Trinajstić information content (AvgIpc) is 2.66. The molecule has 3 aromatic carbocycles. The predicted octanol–water partition coefficient (Wildman–Crippen LogP) is 5.92. The molecule has 0 saturated heterocycles. The number of rotatable bonds is 8. The van der Waals surface area contributed by atoms with E-state index in [1.807, 2.05) is 30.3 Å². The van der Waals surface area contributed by atoms with Crippen molar-refractivity contribution < 1.29 is 9.13 Å². The number of benzene rings is 3. The highest BCUT2D eigenvalue weighted by Gasteiger charge is 2.07. The first-order chi connectivity index (χ1) is 12.7. The smallest absolute Gasteiger partial charge is 0.129 e. The van der Waals surface area contributed by atoms with E-state index in [-0.39, 0.29) is 24.8 Å². The van der Waals surface area contributed by atoms with E-state index in [0.717, 1.165) is 28.8 Å². The molecular formula is C22H22BrClFNO. The molecule has 27 heavy (non-hydrogen) atoms. The Bertz CT molecular complexity index is 845. The zero-order valence-electron chi connectivity index (χ0n) is 14.8. The molecule has 0 aliphatic rings. The number of ether oxygens (including phenoxy) is 1. The molecular weight excluding hydrogens is 429 g/mol. The van der Waals surface area contributed by atoms with Crippen molar-refractivity contribution in [3.8, 4) is 5.75 Å². The van der Waals surface area contributed by atoms with Crippen LogP contribution in [0.1, 0.15) is 16.7 Å².